The van der Waals surface area contributed by atoms with Gasteiger partial charge in [-0.1, -0.05) is 33.1 Å². The highest BCUT2D eigenvalue weighted by molar-refractivity contribution is 5.80. The predicted molar refractivity (Wildman–Crippen MR) is 90.9 cm³/mol. The Morgan fingerprint density at radius 2 is 2.05 bits per heavy atom. The van der Waals surface area contributed by atoms with E-state index in [1.807, 2.05) is 18.9 Å². The average Bonchev–Trinajstić information content (AvgIpc) is 3.00. The number of nitrogens with one attached hydrogen (secondary N) is 2. The molecule has 5 nitrogen and oxygen atoms in total. The van der Waals surface area contributed by atoms with E-state index in [1.165, 1.54) is 25.7 Å². The maximum atomic E-state index is 11.7. The van der Waals surface area contributed by atoms with E-state index in [0.717, 1.165) is 43.9 Å². The largest absolute Gasteiger partial charge is 0.356 e. The van der Waals surface area contributed by atoms with Gasteiger partial charge in [0.25, 0.3) is 0 Å². The number of amides is 1. The third kappa shape index (κ3) is 4.62. The van der Waals surface area contributed by atoms with E-state index < -0.39 is 0 Å². The number of hydrogen-bond donors (Lipinski definition) is 2. The van der Waals surface area contributed by atoms with Gasteiger partial charge < -0.3 is 15.5 Å². The predicted octanol–water partition coefficient (Wildman–Crippen LogP) is 1.99. The molecule has 2 fully saturated rings. The van der Waals surface area contributed by atoms with Crippen LogP contribution in [0.3, 0.4) is 0 Å². The number of hydrogen-bond acceptors (Lipinski definition) is 2. The lowest BCUT2D eigenvalue weighted by Crippen LogP contribution is -2.46. The Morgan fingerprint density at radius 1 is 1.27 bits per heavy atom. The van der Waals surface area contributed by atoms with Gasteiger partial charge in [0.15, 0.2) is 5.96 Å². The summed E-state index contributed by atoms with van der Waals surface area (Å²) >= 11 is 0. The van der Waals surface area contributed by atoms with Gasteiger partial charge in [0.05, 0.1) is 0 Å². The molecule has 2 aliphatic rings. The summed E-state index contributed by atoms with van der Waals surface area (Å²) in [6.07, 6.45) is 7.03. The summed E-state index contributed by atoms with van der Waals surface area (Å²) in [6.45, 7) is 6.96. The van der Waals surface area contributed by atoms with Gasteiger partial charge in [-0.3, -0.25) is 9.79 Å². The summed E-state index contributed by atoms with van der Waals surface area (Å²) in [5.41, 5.74) is 0. The standard InChI is InChI=1S/C17H32N4O/c1-4-16(22)21-10-9-15(12-21)20-17(18-3)19-11-14-8-6-5-7-13(14)2/h13-15H,4-12H2,1-3H3,(H2,18,19,20). The van der Waals surface area contributed by atoms with Gasteiger partial charge in [0.1, 0.15) is 0 Å². The van der Waals surface area contributed by atoms with Crippen LogP contribution in [0.5, 0.6) is 0 Å². The monoisotopic (exact) mass is 308 g/mol. The van der Waals surface area contributed by atoms with Crippen molar-refractivity contribution < 1.29 is 4.79 Å². The molecule has 5 heteroatoms. The van der Waals surface area contributed by atoms with Crippen molar-refractivity contribution in [3.05, 3.63) is 0 Å². The molecule has 3 atom stereocenters. The molecule has 0 aromatic rings. The van der Waals surface area contributed by atoms with Gasteiger partial charge in [0, 0.05) is 39.1 Å². The molecule has 1 aliphatic heterocycles. The van der Waals surface area contributed by atoms with Crippen molar-refractivity contribution in [2.24, 2.45) is 16.8 Å². The normalized spacial score (nSPS) is 29.5. The molecule has 0 aromatic heterocycles. The molecule has 2 N–H and O–H groups in total. The molecule has 2 rings (SSSR count). The zero-order valence-electron chi connectivity index (χ0n) is 14.4. The fourth-order valence-corrected chi connectivity index (χ4v) is 3.64. The minimum Gasteiger partial charge on any atom is -0.356 e. The van der Waals surface area contributed by atoms with Crippen LogP contribution in [-0.4, -0.2) is 49.5 Å². The molecular formula is C17H32N4O. The molecule has 126 valence electrons. The quantitative estimate of drug-likeness (QED) is 0.617. The van der Waals surface area contributed by atoms with Gasteiger partial charge in [-0.25, -0.2) is 0 Å². The first kappa shape index (κ1) is 17.1. The molecule has 0 aromatic carbocycles. The first-order valence-corrected chi connectivity index (χ1v) is 8.89. The van der Waals surface area contributed by atoms with Crippen molar-refractivity contribution in [3.63, 3.8) is 0 Å². The molecular weight excluding hydrogens is 276 g/mol. The van der Waals surface area contributed by atoms with Crippen molar-refractivity contribution in [2.45, 2.75) is 58.4 Å². The van der Waals surface area contributed by atoms with Crippen LogP contribution < -0.4 is 10.6 Å². The Balaban J connectivity index is 1.75. The van der Waals surface area contributed by atoms with Gasteiger partial charge in [-0.05, 0) is 24.7 Å². The number of rotatable bonds is 4. The van der Waals surface area contributed by atoms with Gasteiger partial charge in [-0.2, -0.15) is 0 Å². The van der Waals surface area contributed by atoms with Crippen LogP contribution in [0.4, 0.5) is 0 Å². The van der Waals surface area contributed by atoms with E-state index in [-0.39, 0.29) is 5.91 Å². The highest BCUT2D eigenvalue weighted by Crippen LogP contribution is 2.28. The Kier molecular flexibility index (Phi) is 6.52. The number of likely N-dealkylation sites (tertiary alicyclic amines) is 1. The molecule has 1 saturated carbocycles. The number of carbonyl (C=O) groups is 1. The van der Waals surface area contributed by atoms with E-state index >= 15 is 0 Å². The number of aliphatic imine (C=N–C) groups is 1. The molecule has 0 bridgehead atoms. The summed E-state index contributed by atoms with van der Waals surface area (Å²) in [5, 5.41) is 6.96. The first-order valence-electron chi connectivity index (χ1n) is 8.89. The number of guanidine groups is 1. The highest BCUT2D eigenvalue weighted by atomic mass is 16.2. The zero-order valence-corrected chi connectivity index (χ0v) is 14.4. The Labute approximate surface area is 134 Å². The average molecular weight is 308 g/mol. The zero-order chi connectivity index (χ0) is 15.9. The minimum absolute atomic E-state index is 0.253. The summed E-state index contributed by atoms with van der Waals surface area (Å²) < 4.78 is 0. The second-order valence-electron chi connectivity index (χ2n) is 6.80. The van der Waals surface area contributed by atoms with Gasteiger partial charge in [-0.15, -0.1) is 0 Å². The Bertz CT molecular complexity index is 396. The van der Waals surface area contributed by atoms with Crippen LogP contribution >= 0.6 is 0 Å². The van der Waals surface area contributed by atoms with Crippen LogP contribution in [0.1, 0.15) is 52.4 Å². The lowest BCUT2D eigenvalue weighted by atomic mass is 9.80. The lowest BCUT2D eigenvalue weighted by molar-refractivity contribution is -0.129. The topological polar surface area (TPSA) is 56.7 Å². The second kappa shape index (κ2) is 8.39. The highest BCUT2D eigenvalue weighted by Gasteiger charge is 2.26. The van der Waals surface area contributed by atoms with Crippen LogP contribution in [-0.2, 0) is 4.79 Å². The molecule has 1 saturated heterocycles. The van der Waals surface area contributed by atoms with E-state index in [1.54, 1.807) is 0 Å². The summed E-state index contributed by atoms with van der Waals surface area (Å²) in [4.78, 5) is 18.0. The minimum atomic E-state index is 0.253. The van der Waals surface area contributed by atoms with E-state index in [9.17, 15) is 4.79 Å². The molecule has 0 spiro atoms. The molecule has 1 aliphatic carbocycles. The van der Waals surface area contributed by atoms with Crippen molar-refractivity contribution >= 4 is 11.9 Å². The van der Waals surface area contributed by atoms with Crippen molar-refractivity contribution in [2.75, 3.05) is 26.7 Å². The van der Waals surface area contributed by atoms with Crippen LogP contribution in [0.2, 0.25) is 0 Å². The Morgan fingerprint density at radius 3 is 2.73 bits per heavy atom. The van der Waals surface area contributed by atoms with E-state index in [2.05, 4.69) is 22.5 Å². The first-order chi connectivity index (χ1) is 10.6. The summed E-state index contributed by atoms with van der Waals surface area (Å²) in [6, 6.07) is 0.325. The fraction of sp³-hybridized carbons (Fsp3) is 0.882. The van der Waals surface area contributed by atoms with Crippen LogP contribution in [0, 0.1) is 11.8 Å². The third-order valence-electron chi connectivity index (χ3n) is 5.23. The Hall–Kier alpha value is -1.26. The number of nitrogens with zero attached hydrogens (tertiary/aromatic N) is 2. The van der Waals surface area contributed by atoms with Crippen molar-refractivity contribution in [1.82, 2.24) is 15.5 Å². The maximum absolute atomic E-state index is 11.7. The van der Waals surface area contributed by atoms with Crippen LogP contribution in [0.15, 0.2) is 4.99 Å². The number of carbonyl (C=O) groups excluding carboxylic acids is 1. The molecule has 3 unspecified atom stereocenters. The molecule has 0 radical (unpaired) electrons. The molecule has 22 heavy (non-hydrogen) atoms. The fourth-order valence-electron chi connectivity index (χ4n) is 3.64. The van der Waals surface area contributed by atoms with Gasteiger partial charge >= 0.3 is 0 Å². The maximum Gasteiger partial charge on any atom is 0.222 e. The second-order valence-corrected chi connectivity index (χ2v) is 6.80. The summed E-state index contributed by atoms with van der Waals surface area (Å²) in [7, 11) is 1.82. The van der Waals surface area contributed by atoms with E-state index in [0.29, 0.717) is 12.5 Å². The summed E-state index contributed by atoms with van der Waals surface area (Å²) in [5.74, 6) is 2.70. The molecule has 1 amide bonds. The van der Waals surface area contributed by atoms with E-state index in [4.69, 9.17) is 0 Å². The smallest absolute Gasteiger partial charge is 0.222 e. The van der Waals surface area contributed by atoms with Crippen molar-refractivity contribution in [1.29, 1.82) is 0 Å². The van der Waals surface area contributed by atoms with Crippen LogP contribution in [0.25, 0.3) is 0 Å². The SMILES string of the molecule is CCC(=O)N1CCC(NC(=NC)NCC2CCCCC2C)C1. The third-order valence-corrected chi connectivity index (χ3v) is 5.23. The van der Waals surface area contributed by atoms with Crippen molar-refractivity contribution in [3.8, 4) is 0 Å². The lowest BCUT2D eigenvalue weighted by Gasteiger charge is -2.29. The molecule has 1 heterocycles. The van der Waals surface area contributed by atoms with Gasteiger partial charge in [0.2, 0.25) is 5.91 Å².